The molecule has 0 bridgehead atoms. The molecule has 0 aliphatic heterocycles. The number of ether oxygens (including phenoxy) is 2. The van der Waals surface area contributed by atoms with E-state index in [0.29, 0.717) is 17.1 Å². The number of hydrogen-bond acceptors (Lipinski definition) is 4. The van der Waals surface area contributed by atoms with Crippen molar-refractivity contribution in [1.82, 2.24) is 0 Å². The molecule has 4 nitrogen and oxygen atoms in total. The lowest BCUT2D eigenvalue weighted by atomic mass is 10.1. The van der Waals surface area contributed by atoms with Crippen LogP contribution < -0.4 is 10.5 Å². The van der Waals surface area contributed by atoms with Gasteiger partial charge < -0.3 is 15.2 Å². The highest BCUT2D eigenvalue weighted by Gasteiger charge is 2.14. The van der Waals surface area contributed by atoms with Crippen LogP contribution >= 0.6 is 15.9 Å². The number of benzene rings is 2. The summed E-state index contributed by atoms with van der Waals surface area (Å²) >= 11 is 3.51. The third kappa shape index (κ3) is 3.19. The van der Waals surface area contributed by atoms with Gasteiger partial charge in [0.05, 0.1) is 18.4 Å². The van der Waals surface area contributed by atoms with E-state index in [9.17, 15) is 4.79 Å². The first-order chi connectivity index (χ1) is 9.93. The number of halogens is 1. The minimum absolute atomic E-state index is 0.266. The molecule has 0 aliphatic rings. The molecule has 2 rings (SSSR count). The Morgan fingerprint density at radius 2 is 1.81 bits per heavy atom. The number of carbonyl (C=O) groups excluding carboxylic acids is 1. The fourth-order valence-corrected chi connectivity index (χ4v) is 2.24. The van der Waals surface area contributed by atoms with Crippen molar-refractivity contribution in [3.05, 3.63) is 51.5 Å². The Bertz CT molecular complexity index is 675. The van der Waals surface area contributed by atoms with Crippen LogP contribution in [0.25, 0.3) is 0 Å². The molecule has 0 radical (unpaired) electrons. The van der Waals surface area contributed by atoms with Gasteiger partial charge in [0.15, 0.2) is 5.75 Å². The predicted molar refractivity (Wildman–Crippen MR) is 85.9 cm³/mol. The van der Waals surface area contributed by atoms with Crippen LogP contribution in [0.3, 0.4) is 0 Å². The lowest BCUT2D eigenvalue weighted by molar-refractivity contribution is 0.0601. The smallest absolute Gasteiger partial charge is 0.340 e. The third-order valence-corrected chi connectivity index (χ3v) is 4.36. The molecule has 0 aromatic heterocycles. The number of rotatable bonds is 3. The molecule has 0 amide bonds. The summed E-state index contributed by atoms with van der Waals surface area (Å²) in [5.41, 5.74) is 8.66. The highest BCUT2D eigenvalue weighted by molar-refractivity contribution is 9.10. The maximum Gasteiger partial charge on any atom is 0.340 e. The van der Waals surface area contributed by atoms with Gasteiger partial charge in [-0.2, -0.15) is 0 Å². The van der Waals surface area contributed by atoms with Crippen LogP contribution in [0.2, 0.25) is 0 Å². The van der Waals surface area contributed by atoms with E-state index in [0.717, 1.165) is 15.6 Å². The summed E-state index contributed by atoms with van der Waals surface area (Å²) in [7, 11) is 1.32. The Balaban J connectivity index is 2.38. The van der Waals surface area contributed by atoms with Gasteiger partial charge in [0.1, 0.15) is 5.75 Å². The molecule has 0 spiro atoms. The summed E-state index contributed by atoms with van der Waals surface area (Å²) < 4.78 is 11.6. The summed E-state index contributed by atoms with van der Waals surface area (Å²) in [6.07, 6.45) is 0. The number of nitrogens with two attached hydrogens (primary N) is 1. The molecule has 0 heterocycles. The average Bonchev–Trinajstić information content (AvgIpc) is 2.46. The van der Waals surface area contributed by atoms with E-state index in [1.54, 1.807) is 18.2 Å². The molecule has 2 aromatic rings. The van der Waals surface area contributed by atoms with Crippen molar-refractivity contribution in [3.63, 3.8) is 0 Å². The van der Waals surface area contributed by atoms with Crippen molar-refractivity contribution in [2.24, 2.45) is 0 Å². The topological polar surface area (TPSA) is 61.5 Å². The van der Waals surface area contributed by atoms with E-state index in [2.05, 4.69) is 15.9 Å². The summed E-state index contributed by atoms with van der Waals surface area (Å²) in [5.74, 6) is 0.613. The zero-order chi connectivity index (χ0) is 15.6. The first-order valence-electron chi connectivity index (χ1n) is 6.35. The molecule has 2 N–H and O–H groups in total. The van der Waals surface area contributed by atoms with Gasteiger partial charge in [0.2, 0.25) is 0 Å². The van der Waals surface area contributed by atoms with Gasteiger partial charge in [-0.15, -0.1) is 0 Å². The van der Waals surface area contributed by atoms with E-state index in [-0.39, 0.29) is 5.69 Å². The van der Waals surface area contributed by atoms with Gasteiger partial charge in [-0.25, -0.2) is 4.79 Å². The number of aryl methyl sites for hydroxylation is 2. The second-order valence-electron chi connectivity index (χ2n) is 4.68. The fraction of sp³-hybridized carbons (Fsp3) is 0.188. The molecule has 0 saturated heterocycles. The number of carbonyl (C=O) groups is 1. The molecule has 21 heavy (non-hydrogen) atoms. The van der Waals surface area contributed by atoms with Crippen molar-refractivity contribution in [1.29, 1.82) is 0 Å². The van der Waals surface area contributed by atoms with Gasteiger partial charge in [-0.3, -0.25) is 0 Å². The molecular weight excluding hydrogens is 334 g/mol. The van der Waals surface area contributed by atoms with Crippen molar-refractivity contribution >= 4 is 27.6 Å². The van der Waals surface area contributed by atoms with Crippen molar-refractivity contribution < 1.29 is 14.3 Å². The molecule has 5 heteroatoms. The number of hydrogen-bond donors (Lipinski definition) is 1. The number of nitrogen functional groups attached to an aromatic ring is 1. The molecule has 0 aliphatic carbocycles. The molecule has 0 unspecified atom stereocenters. The first-order valence-corrected chi connectivity index (χ1v) is 7.14. The van der Waals surface area contributed by atoms with Gasteiger partial charge in [-0.1, -0.05) is 22.0 Å². The Morgan fingerprint density at radius 3 is 2.38 bits per heavy atom. The van der Waals surface area contributed by atoms with Crippen LogP contribution in [0.1, 0.15) is 21.5 Å². The second-order valence-corrected chi connectivity index (χ2v) is 5.48. The van der Waals surface area contributed by atoms with Gasteiger partial charge in [-0.05, 0) is 49.2 Å². The molecule has 2 aromatic carbocycles. The van der Waals surface area contributed by atoms with Gasteiger partial charge >= 0.3 is 5.97 Å². The SMILES string of the molecule is COC(=O)c1cccc(Oc2cc(C)c(Br)c(C)c2)c1N. The standard InChI is InChI=1S/C16H16BrNO3/c1-9-7-11(8-10(2)14(9)17)21-13-6-4-5-12(15(13)18)16(19)20-3/h4-8H,18H2,1-3H3. The van der Waals surface area contributed by atoms with Crippen LogP contribution in [0.15, 0.2) is 34.8 Å². The van der Waals surface area contributed by atoms with Crippen LogP contribution in [0.5, 0.6) is 11.5 Å². The number of anilines is 1. The highest BCUT2D eigenvalue weighted by Crippen LogP contribution is 2.33. The fourth-order valence-electron chi connectivity index (χ4n) is 2.01. The number of esters is 1. The first kappa shape index (κ1) is 15.4. The van der Waals surface area contributed by atoms with E-state index >= 15 is 0 Å². The molecule has 0 saturated carbocycles. The summed E-state index contributed by atoms with van der Waals surface area (Å²) in [5, 5.41) is 0. The zero-order valence-electron chi connectivity index (χ0n) is 12.1. The quantitative estimate of drug-likeness (QED) is 0.665. The molecule has 0 fully saturated rings. The normalized spacial score (nSPS) is 10.3. The highest BCUT2D eigenvalue weighted by atomic mass is 79.9. The zero-order valence-corrected chi connectivity index (χ0v) is 13.7. The van der Waals surface area contributed by atoms with E-state index < -0.39 is 5.97 Å². The molecular formula is C16H16BrNO3. The minimum atomic E-state index is -0.485. The third-order valence-electron chi connectivity index (χ3n) is 3.11. The Labute approximate surface area is 132 Å². The number of para-hydroxylation sites is 1. The molecule has 0 atom stereocenters. The second kappa shape index (κ2) is 6.18. The minimum Gasteiger partial charge on any atom is -0.465 e. The van der Waals surface area contributed by atoms with Crippen LogP contribution in [0.4, 0.5) is 5.69 Å². The number of methoxy groups -OCH3 is 1. The van der Waals surface area contributed by atoms with E-state index in [1.807, 2.05) is 26.0 Å². The van der Waals surface area contributed by atoms with E-state index in [1.165, 1.54) is 7.11 Å². The van der Waals surface area contributed by atoms with Crippen LogP contribution in [-0.2, 0) is 4.74 Å². The van der Waals surface area contributed by atoms with Crippen molar-refractivity contribution in [2.45, 2.75) is 13.8 Å². The summed E-state index contributed by atoms with van der Waals surface area (Å²) in [4.78, 5) is 11.6. The molecule has 110 valence electrons. The summed E-state index contributed by atoms with van der Waals surface area (Å²) in [6.45, 7) is 3.97. The lowest BCUT2D eigenvalue weighted by Crippen LogP contribution is -2.06. The van der Waals surface area contributed by atoms with Crippen LogP contribution in [0, 0.1) is 13.8 Å². The van der Waals surface area contributed by atoms with E-state index in [4.69, 9.17) is 15.2 Å². The average molecular weight is 350 g/mol. The largest absolute Gasteiger partial charge is 0.465 e. The lowest BCUT2D eigenvalue weighted by Gasteiger charge is -2.13. The van der Waals surface area contributed by atoms with Gasteiger partial charge in [0.25, 0.3) is 0 Å². The monoisotopic (exact) mass is 349 g/mol. The maximum absolute atomic E-state index is 11.6. The Hall–Kier alpha value is -2.01. The van der Waals surface area contributed by atoms with Crippen molar-refractivity contribution in [2.75, 3.05) is 12.8 Å². The van der Waals surface area contributed by atoms with Crippen LogP contribution in [-0.4, -0.2) is 13.1 Å². The predicted octanol–water partition coefficient (Wildman–Crippen LogP) is 4.23. The van der Waals surface area contributed by atoms with Gasteiger partial charge in [0, 0.05) is 4.47 Å². The van der Waals surface area contributed by atoms with Crippen molar-refractivity contribution in [3.8, 4) is 11.5 Å². The Kier molecular flexibility index (Phi) is 4.53. The Morgan fingerprint density at radius 1 is 1.19 bits per heavy atom. The maximum atomic E-state index is 11.6. The summed E-state index contributed by atoms with van der Waals surface area (Å²) in [6, 6.07) is 8.83.